The molecule has 34 heavy (non-hydrogen) atoms. The van der Waals surface area contributed by atoms with Gasteiger partial charge in [0.05, 0.1) is 40.7 Å². The highest BCUT2D eigenvalue weighted by Gasteiger charge is 2.21. The van der Waals surface area contributed by atoms with Crippen LogP contribution in [0.15, 0.2) is 48.9 Å². The predicted octanol–water partition coefficient (Wildman–Crippen LogP) is 3.16. The van der Waals surface area contributed by atoms with E-state index in [1.807, 2.05) is 24.4 Å². The van der Waals surface area contributed by atoms with Crippen molar-refractivity contribution in [1.29, 1.82) is 0 Å². The number of aromatic amines is 1. The summed E-state index contributed by atoms with van der Waals surface area (Å²) in [5.74, 6) is 1.11. The summed E-state index contributed by atoms with van der Waals surface area (Å²) in [6, 6.07) is 9.89. The Balaban J connectivity index is 1.47. The lowest BCUT2D eigenvalue weighted by Crippen LogP contribution is -2.36. The Morgan fingerprint density at radius 2 is 2.03 bits per heavy atom. The molecular formula is C24H21N7O2S. The van der Waals surface area contributed by atoms with Crippen molar-refractivity contribution in [1.82, 2.24) is 25.1 Å². The molecular weight excluding hydrogens is 450 g/mol. The third kappa shape index (κ3) is 3.76. The number of anilines is 1. The van der Waals surface area contributed by atoms with Gasteiger partial charge in [-0.3, -0.25) is 14.9 Å². The molecule has 5 aromatic rings. The molecule has 1 aromatic carbocycles. The molecule has 1 fully saturated rings. The number of nitrogens with two attached hydrogens (primary N) is 1. The van der Waals surface area contributed by atoms with Crippen LogP contribution in [0, 0.1) is 0 Å². The number of hydrogen-bond donors (Lipinski definition) is 2. The second-order valence-electron chi connectivity index (χ2n) is 8.16. The molecule has 0 unspecified atom stereocenters. The standard InChI is InChI=1S/C24H21N7O2S/c25-22(32)15-8-14(11-26-12-15)9-16-10-20-21(34-16)24(31-4-6-33-7-5-31)29-23(28-20)17-2-1-3-19-18(17)13-27-30-19/h1-3,8,10-13H,4-7,9H2,(H2,25,32)(H,27,30). The number of morpholine rings is 1. The summed E-state index contributed by atoms with van der Waals surface area (Å²) in [6.45, 7) is 2.89. The Morgan fingerprint density at radius 1 is 1.15 bits per heavy atom. The van der Waals surface area contributed by atoms with Gasteiger partial charge in [-0.2, -0.15) is 5.10 Å². The zero-order valence-corrected chi connectivity index (χ0v) is 19.0. The van der Waals surface area contributed by atoms with Crippen molar-refractivity contribution in [2.24, 2.45) is 5.73 Å². The number of hydrogen-bond acceptors (Lipinski definition) is 8. The van der Waals surface area contributed by atoms with Crippen molar-refractivity contribution in [2.45, 2.75) is 6.42 Å². The average Bonchev–Trinajstić information content (AvgIpc) is 3.50. The van der Waals surface area contributed by atoms with Crippen LogP contribution in [0.2, 0.25) is 0 Å². The molecule has 0 aliphatic carbocycles. The normalized spacial score (nSPS) is 14.2. The number of nitrogens with zero attached hydrogens (tertiary/aromatic N) is 5. The van der Waals surface area contributed by atoms with Crippen molar-refractivity contribution in [2.75, 3.05) is 31.2 Å². The smallest absolute Gasteiger partial charge is 0.250 e. The lowest BCUT2D eigenvalue weighted by atomic mass is 10.1. The summed E-state index contributed by atoms with van der Waals surface area (Å²) in [7, 11) is 0. The highest BCUT2D eigenvalue weighted by atomic mass is 32.1. The summed E-state index contributed by atoms with van der Waals surface area (Å²) < 4.78 is 6.61. The van der Waals surface area contributed by atoms with Gasteiger partial charge in [0.25, 0.3) is 0 Å². The van der Waals surface area contributed by atoms with E-state index in [9.17, 15) is 4.79 Å². The van der Waals surface area contributed by atoms with Crippen LogP contribution in [0.5, 0.6) is 0 Å². The summed E-state index contributed by atoms with van der Waals surface area (Å²) in [5, 5.41) is 8.19. The number of amides is 1. The Morgan fingerprint density at radius 3 is 2.88 bits per heavy atom. The SMILES string of the molecule is NC(=O)c1cncc(Cc2cc3nc(-c4cccc5[nH]ncc45)nc(N4CCOCC4)c3s2)c1. The summed E-state index contributed by atoms with van der Waals surface area (Å²) in [5.41, 5.74) is 9.53. The van der Waals surface area contributed by atoms with Gasteiger partial charge in [-0.1, -0.05) is 12.1 Å². The van der Waals surface area contributed by atoms with Gasteiger partial charge in [-0.15, -0.1) is 11.3 Å². The number of pyridine rings is 1. The minimum absolute atomic E-state index is 0.405. The lowest BCUT2D eigenvalue weighted by Gasteiger charge is -2.28. The van der Waals surface area contributed by atoms with Crippen molar-refractivity contribution in [3.05, 3.63) is 64.9 Å². The number of aromatic nitrogens is 5. The third-order valence-electron chi connectivity index (χ3n) is 5.90. The van der Waals surface area contributed by atoms with E-state index in [1.165, 1.54) is 6.20 Å². The quantitative estimate of drug-likeness (QED) is 0.404. The molecule has 3 N–H and O–H groups in total. The summed E-state index contributed by atoms with van der Waals surface area (Å²) in [6.07, 6.45) is 5.69. The van der Waals surface area contributed by atoms with Crippen LogP contribution < -0.4 is 10.6 Å². The van der Waals surface area contributed by atoms with E-state index in [-0.39, 0.29) is 0 Å². The van der Waals surface area contributed by atoms with Crippen molar-refractivity contribution in [3.63, 3.8) is 0 Å². The van der Waals surface area contributed by atoms with Crippen LogP contribution in [0.4, 0.5) is 5.82 Å². The number of ether oxygens (including phenoxy) is 1. The van der Waals surface area contributed by atoms with Crippen LogP contribution in [-0.4, -0.2) is 57.4 Å². The van der Waals surface area contributed by atoms with Gasteiger partial charge in [0.2, 0.25) is 5.91 Å². The number of rotatable bonds is 5. The van der Waals surface area contributed by atoms with E-state index in [1.54, 1.807) is 23.6 Å². The van der Waals surface area contributed by atoms with E-state index >= 15 is 0 Å². The molecule has 10 heteroatoms. The molecule has 6 rings (SSSR count). The Kier molecular flexibility index (Phi) is 5.16. The van der Waals surface area contributed by atoms with Crippen molar-refractivity contribution >= 4 is 44.2 Å². The lowest BCUT2D eigenvalue weighted by molar-refractivity contribution is 0.1000. The van der Waals surface area contributed by atoms with E-state index < -0.39 is 5.91 Å². The molecule has 1 aliphatic rings. The van der Waals surface area contributed by atoms with Crippen LogP contribution in [-0.2, 0) is 11.2 Å². The van der Waals surface area contributed by atoms with E-state index in [4.69, 9.17) is 20.4 Å². The molecule has 9 nitrogen and oxygen atoms in total. The van der Waals surface area contributed by atoms with Crippen LogP contribution in [0.25, 0.3) is 32.5 Å². The fraction of sp³-hybridized carbons (Fsp3) is 0.208. The maximum absolute atomic E-state index is 11.6. The van der Waals surface area contributed by atoms with Gasteiger partial charge in [-0.05, 0) is 23.8 Å². The molecule has 0 atom stereocenters. The maximum Gasteiger partial charge on any atom is 0.250 e. The third-order valence-corrected chi connectivity index (χ3v) is 7.02. The predicted molar refractivity (Wildman–Crippen MR) is 131 cm³/mol. The van der Waals surface area contributed by atoms with Gasteiger partial charge in [0, 0.05) is 47.7 Å². The van der Waals surface area contributed by atoms with E-state index in [0.29, 0.717) is 31.0 Å². The Hall–Kier alpha value is -3.89. The molecule has 4 aromatic heterocycles. The van der Waals surface area contributed by atoms with Crippen LogP contribution in [0.1, 0.15) is 20.8 Å². The number of benzene rings is 1. The molecule has 5 heterocycles. The fourth-order valence-electron chi connectivity index (χ4n) is 4.24. The maximum atomic E-state index is 11.6. The molecule has 1 aliphatic heterocycles. The Bertz CT molecular complexity index is 1520. The minimum atomic E-state index is -0.482. The first-order chi connectivity index (χ1) is 16.7. The van der Waals surface area contributed by atoms with E-state index in [2.05, 4.69) is 26.1 Å². The first-order valence-electron chi connectivity index (χ1n) is 10.9. The second-order valence-corrected chi connectivity index (χ2v) is 9.29. The fourth-order valence-corrected chi connectivity index (χ4v) is 5.39. The number of nitrogens with one attached hydrogen (secondary N) is 1. The van der Waals surface area contributed by atoms with Crippen LogP contribution >= 0.6 is 11.3 Å². The number of fused-ring (bicyclic) bond motifs is 2. The highest BCUT2D eigenvalue weighted by Crippen LogP contribution is 2.36. The van der Waals surface area contributed by atoms with Gasteiger partial charge >= 0.3 is 0 Å². The van der Waals surface area contributed by atoms with Crippen molar-refractivity contribution in [3.8, 4) is 11.4 Å². The van der Waals surface area contributed by atoms with Gasteiger partial charge in [0.15, 0.2) is 11.6 Å². The first-order valence-corrected chi connectivity index (χ1v) is 11.8. The molecule has 0 saturated carbocycles. The number of primary amides is 1. The number of thiophene rings is 1. The molecule has 0 radical (unpaired) electrons. The molecule has 1 saturated heterocycles. The van der Waals surface area contributed by atoms with Gasteiger partial charge < -0.3 is 15.4 Å². The van der Waals surface area contributed by atoms with Crippen LogP contribution in [0.3, 0.4) is 0 Å². The highest BCUT2D eigenvalue weighted by molar-refractivity contribution is 7.19. The first kappa shape index (κ1) is 20.7. The summed E-state index contributed by atoms with van der Waals surface area (Å²) in [4.78, 5) is 29.1. The van der Waals surface area contributed by atoms with E-state index in [0.717, 1.165) is 56.0 Å². The Labute approximate surface area is 198 Å². The number of H-pyrrole nitrogens is 1. The second kappa shape index (κ2) is 8.47. The zero-order valence-electron chi connectivity index (χ0n) is 18.2. The molecule has 0 spiro atoms. The molecule has 1 amide bonds. The topological polar surface area (TPSA) is 123 Å². The van der Waals surface area contributed by atoms with Crippen molar-refractivity contribution < 1.29 is 9.53 Å². The monoisotopic (exact) mass is 471 g/mol. The molecule has 170 valence electrons. The van der Waals surface area contributed by atoms with Gasteiger partial charge in [-0.25, -0.2) is 9.97 Å². The number of carbonyl (C=O) groups is 1. The number of carbonyl (C=O) groups excluding carboxylic acids is 1. The minimum Gasteiger partial charge on any atom is -0.378 e. The zero-order chi connectivity index (χ0) is 23.1. The summed E-state index contributed by atoms with van der Waals surface area (Å²) >= 11 is 1.67. The largest absolute Gasteiger partial charge is 0.378 e. The molecule has 0 bridgehead atoms. The van der Waals surface area contributed by atoms with Gasteiger partial charge in [0.1, 0.15) is 0 Å². The average molecular weight is 472 g/mol.